The predicted molar refractivity (Wildman–Crippen MR) is 58.0 cm³/mol. The number of halogens is 3. The molecule has 0 saturated heterocycles. The van der Waals surface area contributed by atoms with Crippen LogP contribution in [0.3, 0.4) is 0 Å². The Bertz CT molecular complexity index is 396. The van der Waals surface area contributed by atoms with E-state index in [0.29, 0.717) is 9.26 Å². The fourth-order valence-corrected chi connectivity index (χ4v) is 1.55. The summed E-state index contributed by atoms with van der Waals surface area (Å²) in [6.45, 7) is 1.57. The van der Waals surface area contributed by atoms with Crippen molar-refractivity contribution < 1.29 is 18.3 Å². The largest absolute Gasteiger partial charge is 0.465 e. The van der Waals surface area contributed by atoms with Crippen LogP contribution in [0.4, 0.5) is 8.78 Å². The number of rotatable bonds is 2. The molecule has 0 saturated carbocycles. The minimum atomic E-state index is -2.69. The third kappa shape index (κ3) is 2.61. The number of aromatic nitrogens is 1. The molecular weight excluding hydrogens is 319 g/mol. The Morgan fingerprint density at radius 3 is 2.67 bits per heavy atom. The Kier molecular flexibility index (Phi) is 3.95. The number of pyridine rings is 1. The van der Waals surface area contributed by atoms with E-state index in [0.717, 1.165) is 6.07 Å². The van der Waals surface area contributed by atoms with Gasteiger partial charge in [0.25, 0.3) is 6.43 Å². The normalized spacial score (nSPS) is 10.5. The quantitative estimate of drug-likeness (QED) is 0.619. The highest BCUT2D eigenvalue weighted by atomic mass is 127. The van der Waals surface area contributed by atoms with Gasteiger partial charge in [0.1, 0.15) is 5.69 Å². The summed E-state index contributed by atoms with van der Waals surface area (Å²) >= 11 is 1.88. The van der Waals surface area contributed by atoms with E-state index in [1.807, 2.05) is 22.6 Å². The van der Waals surface area contributed by atoms with Gasteiger partial charge >= 0.3 is 5.97 Å². The monoisotopic (exact) mass is 327 g/mol. The van der Waals surface area contributed by atoms with Gasteiger partial charge in [-0.15, -0.1) is 0 Å². The van der Waals surface area contributed by atoms with Crippen molar-refractivity contribution in [2.45, 2.75) is 13.3 Å². The molecule has 0 amide bonds. The van der Waals surface area contributed by atoms with Gasteiger partial charge in [-0.2, -0.15) is 0 Å². The van der Waals surface area contributed by atoms with E-state index in [9.17, 15) is 13.6 Å². The van der Waals surface area contributed by atoms with Crippen molar-refractivity contribution in [3.63, 3.8) is 0 Å². The Labute approximate surface area is 99.0 Å². The summed E-state index contributed by atoms with van der Waals surface area (Å²) in [5, 5.41) is 0. The number of alkyl halides is 2. The summed E-state index contributed by atoms with van der Waals surface area (Å²) in [5.41, 5.74) is 0.114. The van der Waals surface area contributed by atoms with Gasteiger partial charge in [0, 0.05) is 3.57 Å². The lowest BCUT2D eigenvalue weighted by molar-refractivity contribution is 0.0598. The zero-order valence-electron chi connectivity index (χ0n) is 8.05. The highest BCUT2D eigenvalue weighted by molar-refractivity contribution is 14.1. The highest BCUT2D eigenvalue weighted by Gasteiger charge is 2.18. The molecule has 0 fully saturated rings. The standard InChI is InChI=1S/C9H8F2INO2/c1-4-7(12)5(9(14)15-2)3-6(13-4)8(10)11/h3,8H,1-2H3. The molecule has 82 valence electrons. The summed E-state index contributed by atoms with van der Waals surface area (Å²) in [6, 6.07) is 1.06. The molecule has 1 aromatic rings. The van der Waals surface area contributed by atoms with Crippen LogP contribution in [0.15, 0.2) is 6.07 Å². The SMILES string of the molecule is COC(=O)c1cc(C(F)F)nc(C)c1I. The smallest absolute Gasteiger partial charge is 0.339 e. The van der Waals surface area contributed by atoms with Crippen LogP contribution in [-0.2, 0) is 4.74 Å². The number of carbonyl (C=O) groups excluding carboxylic acids is 1. The van der Waals surface area contributed by atoms with Crippen molar-refractivity contribution >= 4 is 28.6 Å². The Morgan fingerprint density at radius 1 is 1.60 bits per heavy atom. The number of esters is 1. The van der Waals surface area contributed by atoms with Crippen molar-refractivity contribution in [2.75, 3.05) is 7.11 Å². The molecule has 0 spiro atoms. The number of aryl methyl sites for hydroxylation is 1. The molecule has 1 rings (SSSR count). The Hall–Kier alpha value is -0.790. The third-order valence-corrected chi connectivity index (χ3v) is 3.13. The molecule has 0 aliphatic carbocycles. The molecular formula is C9H8F2INO2. The first-order valence-electron chi connectivity index (χ1n) is 4.01. The molecule has 0 aliphatic heterocycles. The summed E-state index contributed by atoms with van der Waals surface area (Å²) in [4.78, 5) is 14.9. The fourth-order valence-electron chi connectivity index (χ4n) is 1.05. The first-order valence-corrected chi connectivity index (χ1v) is 5.08. The maximum Gasteiger partial charge on any atom is 0.339 e. The number of nitrogens with zero attached hydrogens (tertiary/aromatic N) is 1. The van der Waals surface area contributed by atoms with E-state index in [1.54, 1.807) is 6.92 Å². The number of hydrogen-bond acceptors (Lipinski definition) is 3. The van der Waals surface area contributed by atoms with Gasteiger partial charge in [0.05, 0.1) is 18.4 Å². The van der Waals surface area contributed by atoms with E-state index in [1.165, 1.54) is 7.11 Å². The van der Waals surface area contributed by atoms with Gasteiger partial charge in [-0.05, 0) is 35.6 Å². The first-order chi connectivity index (χ1) is 6.97. The van der Waals surface area contributed by atoms with Crippen LogP contribution in [-0.4, -0.2) is 18.1 Å². The third-order valence-electron chi connectivity index (χ3n) is 1.77. The number of hydrogen-bond donors (Lipinski definition) is 0. The maximum atomic E-state index is 12.4. The van der Waals surface area contributed by atoms with E-state index < -0.39 is 18.1 Å². The van der Waals surface area contributed by atoms with Gasteiger partial charge in [0.2, 0.25) is 0 Å². The number of carbonyl (C=O) groups is 1. The van der Waals surface area contributed by atoms with Gasteiger partial charge in [-0.25, -0.2) is 13.6 Å². The molecule has 0 radical (unpaired) electrons. The first kappa shape index (κ1) is 12.3. The van der Waals surface area contributed by atoms with Crippen LogP contribution >= 0.6 is 22.6 Å². The maximum absolute atomic E-state index is 12.4. The molecule has 0 bridgehead atoms. The average molecular weight is 327 g/mol. The van der Waals surface area contributed by atoms with E-state index in [2.05, 4.69) is 9.72 Å². The second-order valence-corrected chi connectivity index (χ2v) is 3.87. The van der Waals surface area contributed by atoms with Crippen LogP contribution < -0.4 is 0 Å². The fraction of sp³-hybridized carbons (Fsp3) is 0.333. The molecule has 0 atom stereocenters. The van der Waals surface area contributed by atoms with Crippen molar-refractivity contribution in [1.82, 2.24) is 4.98 Å². The summed E-state index contributed by atoms with van der Waals surface area (Å²) < 4.78 is 29.8. The molecule has 0 unspecified atom stereocenters. The lowest BCUT2D eigenvalue weighted by atomic mass is 10.2. The molecule has 0 aliphatic rings. The molecule has 1 heterocycles. The molecule has 1 aromatic heterocycles. The topological polar surface area (TPSA) is 39.2 Å². The minimum Gasteiger partial charge on any atom is -0.465 e. The van der Waals surface area contributed by atoms with E-state index in [4.69, 9.17) is 0 Å². The van der Waals surface area contributed by atoms with Crippen molar-refractivity contribution in [3.05, 3.63) is 26.6 Å². The number of methoxy groups -OCH3 is 1. The zero-order chi connectivity index (χ0) is 11.6. The van der Waals surface area contributed by atoms with Gasteiger partial charge in [-0.3, -0.25) is 4.98 Å². The van der Waals surface area contributed by atoms with Gasteiger partial charge in [-0.1, -0.05) is 0 Å². The highest BCUT2D eigenvalue weighted by Crippen LogP contribution is 2.23. The molecule has 0 aromatic carbocycles. The lowest BCUT2D eigenvalue weighted by Crippen LogP contribution is -2.08. The van der Waals surface area contributed by atoms with Crippen molar-refractivity contribution in [2.24, 2.45) is 0 Å². The van der Waals surface area contributed by atoms with Crippen LogP contribution in [0.2, 0.25) is 0 Å². The van der Waals surface area contributed by atoms with Crippen LogP contribution in [0.25, 0.3) is 0 Å². The van der Waals surface area contributed by atoms with Crippen LogP contribution in [0.5, 0.6) is 0 Å². The van der Waals surface area contributed by atoms with Crippen molar-refractivity contribution in [1.29, 1.82) is 0 Å². The summed E-state index contributed by atoms with van der Waals surface area (Å²) in [7, 11) is 1.20. The second kappa shape index (κ2) is 4.82. The molecule has 0 N–H and O–H groups in total. The van der Waals surface area contributed by atoms with Crippen molar-refractivity contribution in [3.8, 4) is 0 Å². The molecule has 3 nitrogen and oxygen atoms in total. The zero-order valence-corrected chi connectivity index (χ0v) is 10.2. The van der Waals surface area contributed by atoms with Gasteiger partial charge < -0.3 is 4.74 Å². The predicted octanol–water partition coefficient (Wildman–Crippen LogP) is 2.72. The Balaban J connectivity index is 3.31. The molecule has 6 heteroatoms. The molecule has 15 heavy (non-hydrogen) atoms. The minimum absolute atomic E-state index is 0.126. The van der Waals surface area contributed by atoms with Crippen LogP contribution in [0, 0.1) is 10.5 Å². The lowest BCUT2D eigenvalue weighted by Gasteiger charge is -2.07. The summed E-state index contributed by atoms with van der Waals surface area (Å²) in [5.74, 6) is -0.633. The Morgan fingerprint density at radius 2 is 2.20 bits per heavy atom. The van der Waals surface area contributed by atoms with Crippen LogP contribution in [0.1, 0.15) is 28.2 Å². The summed E-state index contributed by atoms with van der Waals surface area (Å²) in [6.07, 6.45) is -2.69. The van der Waals surface area contributed by atoms with Gasteiger partial charge in [0.15, 0.2) is 0 Å². The average Bonchev–Trinajstić information content (AvgIpc) is 2.20. The number of ether oxygens (including phenoxy) is 1. The van der Waals surface area contributed by atoms with E-state index in [-0.39, 0.29) is 5.56 Å². The second-order valence-electron chi connectivity index (χ2n) is 2.79. The van der Waals surface area contributed by atoms with E-state index >= 15 is 0 Å².